The van der Waals surface area contributed by atoms with Gasteiger partial charge in [0.05, 0.1) is 12.2 Å². The van der Waals surface area contributed by atoms with Gasteiger partial charge in [-0.3, -0.25) is 0 Å². The van der Waals surface area contributed by atoms with Gasteiger partial charge in [-0.1, -0.05) is 25.5 Å². The van der Waals surface area contributed by atoms with Crippen LogP contribution in [0.1, 0.15) is 38.0 Å². The Morgan fingerprint density at radius 2 is 1.82 bits per heavy atom. The lowest BCUT2D eigenvalue weighted by Gasteiger charge is -2.18. The van der Waals surface area contributed by atoms with Crippen LogP contribution < -0.4 is 4.74 Å². The Morgan fingerprint density at radius 3 is 2.35 bits per heavy atom. The summed E-state index contributed by atoms with van der Waals surface area (Å²) in [6.07, 6.45) is -1.06. The molecule has 2 N–H and O–H groups in total. The van der Waals surface area contributed by atoms with Crippen molar-refractivity contribution in [2.24, 2.45) is 5.92 Å². The van der Waals surface area contributed by atoms with E-state index < -0.39 is 12.2 Å². The highest BCUT2D eigenvalue weighted by Gasteiger charge is 2.13. The second-order valence-electron chi connectivity index (χ2n) is 4.84. The van der Waals surface area contributed by atoms with E-state index in [1.54, 1.807) is 6.92 Å². The van der Waals surface area contributed by atoms with E-state index in [2.05, 4.69) is 0 Å². The van der Waals surface area contributed by atoms with Gasteiger partial charge in [-0.05, 0) is 31.9 Å². The molecule has 0 fully saturated rings. The zero-order valence-electron chi connectivity index (χ0n) is 11.0. The standard InChI is InChI=1S/C14H22O3/c1-9(2)13(16)8-17-14-6-5-10(3)7-12(14)11(4)15/h5-7,9,11,13,15-16H,8H2,1-4H3. The highest BCUT2D eigenvalue weighted by atomic mass is 16.5. The molecular weight excluding hydrogens is 216 g/mol. The number of hydrogen-bond donors (Lipinski definition) is 2. The number of rotatable bonds is 5. The molecule has 0 aliphatic heterocycles. The fourth-order valence-electron chi connectivity index (χ4n) is 1.49. The quantitative estimate of drug-likeness (QED) is 0.828. The number of benzene rings is 1. The predicted octanol–water partition coefficient (Wildman–Crippen LogP) is 2.44. The van der Waals surface area contributed by atoms with Gasteiger partial charge in [0.2, 0.25) is 0 Å². The fraction of sp³-hybridized carbons (Fsp3) is 0.571. The van der Waals surface area contributed by atoms with Gasteiger partial charge in [-0.25, -0.2) is 0 Å². The summed E-state index contributed by atoms with van der Waals surface area (Å²) in [5.74, 6) is 0.806. The van der Waals surface area contributed by atoms with E-state index in [0.717, 1.165) is 11.1 Å². The lowest BCUT2D eigenvalue weighted by Crippen LogP contribution is -2.23. The van der Waals surface area contributed by atoms with Gasteiger partial charge in [0.1, 0.15) is 12.4 Å². The van der Waals surface area contributed by atoms with Crippen LogP contribution in [0, 0.1) is 12.8 Å². The molecule has 0 spiro atoms. The Morgan fingerprint density at radius 1 is 1.18 bits per heavy atom. The maximum Gasteiger partial charge on any atom is 0.125 e. The summed E-state index contributed by atoms with van der Waals surface area (Å²) in [7, 11) is 0. The Balaban J connectivity index is 2.77. The van der Waals surface area contributed by atoms with Gasteiger partial charge < -0.3 is 14.9 Å². The molecule has 2 atom stereocenters. The van der Waals surface area contributed by atoms with Crippen LogP contribution in [-0.4, -0.2) is 22.9 Å². The lowest BCUT2D eigenvalue weighted by atomic mass is 10.1. The Kier molecular flexibility index (Phi) is 4.97. The third kappa shape index (κ3) is 4.02. The molecular formula is C14H22O3. The van der Waals surface area contributed by atoms with Crippen LogP contribution in [0.25, 0.3) is 0 Å². The average Bonchev–Trinajstić information content (AvgIpc) is 2.26. The molecule has 1 rings (SSSR count). The SMILES string of the molecule is Cc1ccc(OCC(O)C(C)C)c(C(C)O)c1. The lowest BCUT2D eigenvalue weighted by molar-refractivity contribution is 0.0682. The molecule has 3 heteroatoms. The first kappa shape index (κ1) is 14.0. The molecule has 0 radical (unpaired) electrons. The summed E-state index contributed by atoms with van der Waals surface area (Å²) in [5, 5.41) is 19.3. The van der Waals surface area contributed by atoms with Crippen LogP contribution in [0.3, 0.4) is 0 Å². The number of ether oxygens (including phenoxy) is 1. The first-order valence-electron chi connectivity index (χ1n) is 6.01. The number of aliphatic hydroxyl groups is 2. The van der Waals surface area contributed by atoms with Crippen molar-refractivity contribution in [1.29, 1.82) is 0 Å². The highest BCUT2D eigenvalue weighted by molar-refractivity contribution is 5.38. The summed E-state index contributed by atoms with van der Waals surface area (Å²) in [6, 6.07) is 5.68. The van der Waals surface area contributed by atoms with Gasteiger partial charge in [0.15, 0.2) is 0 Å². The zero-order chi connectivity index (χ0) is 13.0. The second-order valence-corrected chi connectivity index (χ2v) is 4.84. The van der Waals surface area contributed by atoms with Crippen molar-refractivity contribution in [3.8, 4) is 5.75 Å². The molecule has 0 aliphatic rings. The number of aryl methyl sites for hydroxylation is 1. The molecule has 0 aromatic heterocycles. The molecule has 1 aromatic carbocycles. The molecule has 0 saturated carbocycles. The topological polar surface area (TPSA) is 49.7 Å². The van der Waals surface area contributed by atoms with Crippen molar-refractivity contribution >= 4 is 0 Å². The van der Waals surface area contributed by atoms with E-state index in [9.17, 15) is 10.2 Å². The van der Waals surface area contributed by atoms with Crippen molar-refractivity contribution in [2.45, 2.75) is 39.9 Å². The summed E-state index contributed by atoms with van der Waals surface area (Å²) in [6.45, 7) is 7.82. The number of aliphatic hydroxyl groups excluding tert-OH is 2. The van der Waals surface area contributed by atoms with Crippen LogP contribution in [0.15, 0.2) is 18.2 Å². The van der Waals surface area contributed by atoms with Gasteiger partial charge in [0, 0.05) is 5.56 Å². The van der Waals surface area contributed by atoms with Crippen LogP contribution in [0.2, 0.25) is 0 Å². The van der Waals surface area contributed by atoms with Crippen LogP contribution in [-0.2, 0) is 0 Å². The first-order valence-corrected chi connectivity index (χ1v) is 6.01. The van der Waals surface area contributed by atoms with E-state index in [1.807, 2.05) is 39.0 Å². The zero-order valence-corrected chi connectivity index (χ0v) is 11.0. The maximum absolute atomic E-state index is 9.68. The maximum atomic E-state index is 9.68. The van der Waals surface area contributed by atoms with Gasteiger partial charge in [-0.2, -0.15) is 0 Å². The van der Waals surface area contributed by atoms with E-state index in [0.29, 0.717) is 5.75 Å². The van der Waals surface area contributed by atoms with Crippen LogP contribution >= 0.6 is 0 Å². The second kappa shape index (κ2) is 6.03. The molecule has 17 heavy (non-hydrogen) atoms. The van der Waals surface area contributed by atoms with E-state index in [4.69, 9.17) is 4.74 Å². The number of hydrogen-bond acceptors (Lipinski definition) is 3. The first-order chi connectivity index (χ1) is 7.91. The normalized spacial score (nSPS) is 14.8. The van der Waals surface area contributed by atoms with Gasteiger partial charge in [0.25, 0.3) is 0 Å². The van der Waals surface area contributed by atoms with Crippen molar-refractivity contribution < 1.29 is 14.9 Å². The Bertz CT molecular complexity index is 358. The molecule has 0 aliphatic carbocycles. The minimum Gasteiger partial charge on any atom is -0.490 e. The van der Waals surface area contributed by atoms with E-state index in [-0.39, 0.29) is 12.5 Å². The Labute approximate surface area is 103 Å². The van der Waals surface area contributed by atoms with Crippen molar-refractivity contribution in [1.82, 2.24) is 0 Å². The average molecular weight is 238 g/mol. The predicted molar refractivity (Wildman–Crippen MR) is 68.2 cm³/mol. The molecule has 0 saturated heterocycles. The minimum atomic E-state index is -0.568. The van der Waals surface area contributed by atoms with E-state index >= 15 is 0 Å². The molecule has 0 bridgehead atoms. The smallest absolute Gasteiger partial charge is 0.125 e. The van der Waals surface area contributed by atoms with Crippen molar-refractivity contribution in [3.63, 3.8) is 0 Å². The van der Waals surface area contributed by atoms with Gasteiger partial charge in [-0.15, -0.1) is 0 Å². The third-order valence-electron chi connectivity index (χ3n) is 2.79. The molecule has 3 nitrogen and oxygen atoms in total. The Hall–Kier alpha value is -1.06. The van der Waals surface area contributed by atoms with Crippen molar-refractivity contribution in [2.75, 3.05) is 6.61 Å². The monoisotopic (exact) mass is 238 g/mol. The van der Waals surface area contributed by atoms with Gasteiger partial charge >= 0.3 is 0 Å². The molecule has 2 unspecified atom stereocenters. The molecule has 1 aromatic rings. The minimum absolute atomic E-state index is 0.162. The fourth-order valence-corrected chi connectivity index (χ4v) is 1.49. The van der Waals surface area contributed by atoms with E-state index in [1.165, 1.54) is 0 Å². The molecule has 0 heterocycles. The van der Waals surface area contributed by atoms with Crippen molar-refractivity contribution in [3.05, 3.63) is 29.3 Å². The molecule has 0 amide bonds. The summed E-state index contributed by atoms with van der Waals surface area (Å²) < 4.78 is 5.57. The summed E-state index contributed by atoms with van der Waals surface area (Å²) >= 11 is 0. The summed E-state index contributed by atoms with van der Waals surface area (Å²) in [5.41, 5.74) is 1.85. The molecule has 96 valence electrons. The third-order valence-corrected chi connectivity index (χ3v) is 2.79. The van der Waals surface area contributed by atoms with Crippen LogP contribution in [0.5, 0.6) is 5.75 Å². The highest BCUT2D eigenvalue weighted by Crippen LogP contribution is 2.26. The largest absolute Gasteiger partial charge is 0.490 e. The summed E-state index contributed by atoms with van der Waals surface area (Å²) in [4.78, 5) is 0. The van der Waals surface area contributed by atoms with Crippen LogP contribution in [0.4, 0.5) is 0 Å².